The molecule has 8 nitrogen and oxygen atoms in total. The molecule has 0 saturated carbocycles. The van der Waals surface area contributed by atoms with Crippen LogP contribution in [0.15, 0.2) is 54.6 Å². The van der Waals surface area contributed by atoms with Gasteiger partial charge in [0, 0.05) is 11.6 Å². The topological polar surface area (TPSA) is 95.5 Å². The van der Waals surface area contributed by atoms with Crippen molar-refractivity contribution in [1.29, 1.82) is 0 Å². The zero-order valence-corrected chi connectivity index (χ0v) is 20.8. The Morgan fingerprint density at radius 3 is 1.86 bits per heavy atom. The molecule has 3 aromatic rings. The number of phenolic OH excluding ortho intramolecular Hbond substituents is 1. The van der Waals surface area contributed by atoms with Gasteiger partial charge in [0.15, 0.2) is 23.0 Å². The first kappa shape index (κ1) is 26.0. The van der Waals surface area contributed by atoms with Crippen LogP contribution in [-0.2, 0) is 4.79 Å². The number of amides is 1. The lowest BCUT2D eigenvalue weighted by molar-refractivity contribution is -0.111. The van der Waals surface area contributed by atoms with Gasteiger partial charge in [-0.3, -0.25) is 4.79 Å². The third-order valence-electron chi connectivity index (χ3n) is 5.29. The van der Waals surface area contributed by atoms with Crippen LogP contribution in [0.1, 0.15) is 16.7 Å². The summed E-state index contributed by atoms with van der Waals surface area (Å²) in [6, 6.07) is 13.7. The fourth-order valence-electron chi connectivity index (χ4n) is 3.52. The number of nitrogens with one attached hydrogen (secondary N) is 1. The van der Waals surface area contributed by atoms with Gasteiger partial charge >= 0.3 is 0 Å². The number of hydrogen-bond acceptors (Lipinski definition) is 7. The maximum absolute atomic E-state index is 12.8. The molecule has 36 heavy (non-hydrogen) atoms. The molecule has 0 saturated heterocycles. The van der Waals surface area contributed by atoms with Gasteiger partial charge in [0.25, 0.3) is 0 Å². The zero-order valence-electron chi connectivity index (χ0n) is 20.8. The molecule has 1 amide bonds. The molecule has 0 bridgehead atoms. The second-order valence-corrected chi connectivity index (χ2v) is 7.47. The first-order chi connectivity index (χ1) is 17.4. The number of anilines is 1. The van der Waals surface area contributed by atoms with Crippen LogP contribution in [0.5, 0.6) is 34.5 Å². The van der Waals surface area contributed by atoms with Crippen LogP contribution in [0.2, 0.25) is 0 Å². The minimum atomic E-state index is -0.364. The Labute approximate surface area is 210 Å². The molecule has 2 N–H and O–H groups in total. The molecular weight excluding hydrogens is 462 g/mol. The molecule has 3 rings (SSSR count). The lowest BCUT2D eigenvalue weighted by Crippen LogP contribution is -2.11. The number of benzene rings is 3. The molecule has 8 heteroatoms. The third-order valence-corrected chi connectivity index (χ3v) is 5.29. The summed E-state index contributed by atoms with van der Waals surface area (Å²) < 4.78 is 27.2. The summed E-state index contributed by atoms with van der Waals surface area (Å²) in [6.45, 7) is 0. The normalized spacial score (nSPS) is 10.9. The lowest BCUT2D eigenvalue weighted by atomic mass is 10.1. The highest BCUT2D eigenvalue weighted by Crippen LogP contribution is 2.40. The second-order valence-electron chi connectivity index (χ2n) is 7.47. The summed E-state index contributed by atoms with van der Waals surface area (Å²) >= 11 is 0. The summed E-state index contributed by atoms with van der Waals surface area (Å²) in [7, 11) is 7.69. The largest absolute Gasteiger partial charge is 0.508 e. The fourth-order valence-corrected chi connectivity index (χ4v) is 3.52. The van der Waals surface area contributed by atoms with Gasteiger partial charge in [-0.1, -0.05) is 24.3 Å². The molecule has 0 aromatic heterocycles. The van der Waals surface area contributed by atoms with Gasteiger partial charge in [-0.15, -0.1) is 0 Å². The summed E-state index contributed by atoms with van der Waals surface area (Å²) in [6.07, 6.45) is 6.74. The first-order valence-corrected chi connectivity index (χ1v) is 10.9. The third kappa shape index (κ3) is 6.09. The van der Waals surface area contributed by atoms with E-state index >= 15 is 0 Å². The van der Waals surface area contributed by atoms with Gasteiger partial charge in [-0.05, 0) is 53.6 Å². The van der Waals surface area contributed by atoms with Crippen molar-refractivity contribution in [1.82, 2.24) is 0 Å². The van der Waals surface area contributed by atoms with E-state index in [-0.39, 0.29) is 11.7 Å². The average molecular weight is 492 g/mol. The van der Waals surface area contributed by atoms with E-state index in [4.69, 9.17) is 23.7 Å². The molecule has 0 radical (unpaired) electrons. The average Bonchev–Trinajstić information content (AvgIpc) is 2.90. The highest BCUT2D eigenvalue weighted by molar-refractivity contribution is 6.04. The van der Waals surface area contributed by atoms with E-state index in [1.807, 2.05) is 30.4 Å². The smallest absolute Gasteiger partial charge is 0.248 e. The lowest BCUT2D eigenvalue weighted by Gasteiger charge is -2.16. The number of aromatic hydroxyl groups is 1. The van der Waals surface area contributed by atoms with Crippen molar-refractivity contribution < 1.29 is 33.6 Å². The van der Waals surface area contributed by atoms with E-state index < -0.39 is 0 Å². The Bertz CT molecular complexity index is 1240. The molecule has 0 fully saturated rings. The van der Waals surface area contributed by atoms with Crippen LogP contribution < -0.4 is 29.0 Å². The molecule has 0 heterocycles. The second kappa shape index (κ2) is 12.2. The molecule has 0 unspecified atom stereocenters. The number of hydrogen-bond donors (Lipinski definition) is 2. The molecule has 0 aliphatic carbocycles. The fraction of sp³-hybridized carbons (Fsp3) is 0.179. The Hall–Kier alpha value is -4.59. The van der Waals surface area contributed by atoms with Gasteiger partial charge in [0.1, 0.15) is 5.75 Å². The SMILES string of the molecule is COc1cc(C=Cc2ccc(OC)c(OC)c2NC(=O)/C=C/c2ccc(O)cc2)cc(OC)c1OC. The Kier molecular flexibility index (Phi) is 8.83. The summed E-state index contributed by atoms with van der Waals surface area (Å²) in [5.41, 5.74) is 2.69. The highest BCUT2D eigenvalue weighted by Gasteiger charge is 2.16. The van der Waals surface area contributed by atoms with Gasteiger partial charge in [-0.2, -0.15) is 0 Å². The van der Waals surface area contributed by atoms with Crippen molar-refractivity contribution in [3.8, 4) is 34.5 Å². The van der Waals surface area contributed by atoms with Gasteiger partial charge in [0.05, 0.1) is 41.2 Å². The van der Waals surface area contributed by atoms with Gasteiger partial charge in [0.2, 0.25) is 11.7 Å². The molecule has 0 spiro atoms. The van der Waals surface area contributed by atoms with Gasteiger partial charge < -0.3 is 34.1 Å². The molecule has 0 aliphatic heterocycles. The predicted octanol–water partition coefficient (Wildman–Crippen LogP) is 5.26. The molecule has 188 valence electrons. The van der Waals surface area contributed by atoms with Crippen LogP contribution >= 0.6 is 0 Å². The van der Waals surface area contributed by atoms with E-state index in [0.29, 0.717) is 40.0 Å². The van der Waals surface area contributed by atoms with Crippen LogP contribution in [0, 0.1) is 0 Å². The van der Waals surface area contributed by atoms with Crippen LogP contribution in [0.4, 0.5) is 5.69 Å². The van der Waals surface area contributed by atoms with E-state index in [1.165, 1.54) is 20.3 Å². The first-order valence-electron chi connectivity index (χ1n) is 10.9. The molecular formula is C28H29NO7. The van der Waals surface area contributed by atoms with Crippen molar-refractivity contribution in [2.75, 3.05) is 40.9 Å². The van der Waals surface area contributed by atoms with Crippen LogP contribution in [-0.4, -0.2) is 46.6 Å². The van der Waals surface area contributed by atoms with Crippen LogP contribution in [0.3, 0.4) is 0 Å². The minimum absolute atomic E-state index is 0.154. The van der Waals surface area contributed by atoms with E-state index in [0.717, 1.165) is 11.1 Å². The summed E-state index contributed by atoms with van der Waals surface area (Å²) in [5.74, 6) is 2.19. The highest BCUT2D eigenvalue weighted by atomic mass is 16.5. The van der Waals surface area contributed by atoms with E-state index in [9.17, 15) is 9.90 Å². The summed E-state index contributed by atoms with van der Waals surface area (Å²) in [4.78, 5) is 12.8. The van der Waals surface area contributed by atoms with Crippen molar-refractivity contribution in [2.45, 2.75) is 0 Å². The number of phenols is 1. The van der Waals surface area contributed by atoms with Crippen molar-refractivity contribution in [3.63, 3.8) is 0 Å². The monoisotopic (exact) mass is 491 g/mol. The molecule has 0 aliphatic rings. The van der Waals surface area contributed by atoms with Gasteiger partial charge in [-0.25, -0.2) is 0 Å². The van der Waals surface area contributed by atoms with Crippen molar-refractivity contribution in [3.05, 3.63) is 71.3 Å². The number of methoxy groups -OCH3 is 5. The minimum Gasteiger partial charge on any atom is -0.508 e. The zero-order chi connectivity index (χ0) is 26.1. The number of carbonyl (C=O) groups is 1. The molecule has 0 atom stereocenters. The Balaban J connectivity index is 1.96. The summed E-state index contributed by atoms with van der Waals surface area (Å²) in [5, 5.41) is 12.3. The number of ether oxygens (including phenoxy) is 5. The Morgan fingerprint density at radius 2 is 1.31 bits per heavy atom. The maximum atomic E-state index is 12.8. The van der Waals surface area contributed by atoms with E-state index in [1.54, 1.807) is 57.7 Å². The van der Waals surface area contributed by atoms with Crippen molar-refractivity contribution >= 4 is 29.8 Å². The quantitative estimate of drug-likeness (QED) is 0.295. The van der Waals surface area contributed by atoms with E-state index in [2.05, 4.69) is 5.32 Å². The van der Waals surface area contributed by atoms with Crippen LogP contribution in [0.25, 0.3) is 18.2 Å². The Morgan fingerprint density at radius 1 is 0.694 bits per heavy atom. The maximum Gasteiger partial charge on any atom is 0.248 e. The predicted molar refractivity (Wildman–Crippen MR) is 140 cm³/mol. The number of rotatable bonds is 10. The molecule has 3 aromatic carbocycles. The number of carbonyl (C=O) groups excluding carboxylic acids is 1. The standard InChI is InChI=1S/C28H29NO7/c1-32-22-14-11-20(10-6-19-16-23(33-2)27(35-4)24(17-19)34-3)26(28(22)36-5)29-25(31)15-9-18-7-12-21(30)13-8-18/h6-17,30H,1-5H3,(H,29,31)/b10-6?,15-9+. The van der Waals surface area contributed by atoms with Crippen molar-refractivity contribution in [2.24, 2.45) is 0 Å².